The number of ether oxygens (including phenoxy) is 1. The van der Waals surface area contributed by atoms with Gasteiger partial charge in [0.05, 0.1) is 16.4 Å². The van der Waals surface area contributed by atoms with Gasteiger partial charge in [-0.05, 0) is 13.8 Å². The summed E-state index contributed by atoms with van der Waals surface area (Å²) in [5, 5.41) is 4.95. The molecule has 0 aromatic carbocycles. The first-order valence-corrected chi connectivity index (χ1v) is 5.75. The summed E-state index contributed by atoms with van der Waals surface area (Å²) >= 11 is 6.11. The topological polar surface area (TPSA) is 78.9 Å². The summed E-state index contributed by atoms with van der Waals surface area (Å²) in [7, 11) is 1.58. The SMILES string of the molecule is COCc1nc(N)cc(-n2nc(C)c(Cl)c2C)n1. The molecule has 0 aliphatic heterocycles. The number of rotatable bonds is 3. The van der Waals surface area contributed by atoms with Gasteiger partial charge in [0, 0.05) is 13.2 Å². The first-order valence-electron chi connectivity index (χ1n) is 5.37. The Morgan fingerprint density at radius 3 is 2.67 bits per heavy atom. The highest BCUT2D eigenvalue weighted by Gasteiger charge is 2.13. The molecule has 2 aromatic rings. The second-order valence-electron chi connectivity index (χ2n) is 3.90. The van der Waals surface area contributed by atoms with Crippen molar-refractivity contribution in [1.82, 2.24) is 19.7 Å². The first kappa shape index (κ1) is 12.8. The van der Waals surface area contributed by atoms with Crippen LogP contribution in [0.3, 0.4) is 0 Å². The lowest BCUT2D eigenvalue weighted by Gasteiger charge is -2.06. The molecule has 18 heavy (non-hydrogen) atoms. The Labute approximate surface area is 110 Å². The molecule has 0 radical (unpaired) electrons. The first-order chi connectivity index (χ1) is 8.52. The zero-order valence-electron chi connectivity index (χ0n) is 10.4. The maximum Gasteiger partial charge on any atom is 0.159 e. The minimum absolute atomic E-state index is 0.297. The molecular formula is C11H14ClN5O. The van der Waals surface area contributed by atoms with Gasteiger partial charge in [0.25, 0.3) is 0 Å². The maximum atomic E-state index is 6.11. The third kappa shape index (κ3) is 2.30. The summed E-state index contributed by atoms with van der Waals surface area (Å²) in [6, 6.07) is 1.65. The molecule has 0 amide bonds. The van der Waals surface area contributed by atoms with Crippen molar-refractivity contribution < 1.29 is 4.74 Å². The lowest BCUT2D eigenvalue weighted by atomic mass is 10.4. The average molecular weight is 268 g/mol. The van der Waals surface area contributed by atoms with Crippen LogP contribution in [0.5, 0.6) is 0 Å². The van der Waals surface area contributed by atoms with Gasteiger partial charge in [-0.25, -0.2) is 14.6 Å². The normalized spacial score (nSPS) is 10.9. The summed E-state index contributed by atoms with van der Waals surface area (Å²) in [5.41, 5.74) is 7.31. The summed E-state index contributed by atoms with van der Waals surface area (Å²) in [4.78, 5) is 8.41. The van der Waals surface area contributed by atoms with Crippen LogP contribution in [0.4, 0.5) is 5.82 Å². The van der Waals surface area contributed by atoms with E-state index in [1.807, 2.05) is 13.8 Å². The summed E-state index contributed by atoms with van der Waals surface area (Å²) in [6.45, 7) is 4.01. The smallest absolute Gasteiger partial charge is 0.159 e. The monoisotopic (exact) mass is 267 g/mol. The predicted molar refractivity (Wildman–Crippen MR) is 68.8 cm³/mol. The van der Waals surface area contributed by atoms with E-state index in [9.17, 15) is 0 Å². The van der Waals surface area contributed by atoms with Crippen LogP contribution in [0.15, 0.2) is 6.07 Å². The number of aryl methyl sites for hydroxylation is 1. The van der Waals surface area contributed by atoms with Crippen molar-refractivity contribution in [3.8, 4) is 5.82 Å². The molecule has 0 aliphatic carbocycles. The third-order valence-electron chi connectivity index (χ3n) is 2.47. The molecule has 7 heteroatoms. The molecule has 0 saturated carbocycles. The molecule has 2 N–H and O–H groups in total. The standard InChI is InChI=1S/C11H14ClN5O/c1-6-11(12)7(2)17(16-6)10-4-8(13)14-9(15-10)5-18-3/h4H,5H2,1-3H3,(H2,13,14,15). The van der Waals surface area contributed by atoms with Gasteiger partial charge < -0.3 is 10.5 Å². The quantitative estimate of drug-likeness (QED) is 0.915. The van der Waals surface area contributed by atoms with E-state index in [-0.39, 0.29) is 0 Å². The van der Waals surface area contributed by atoms with Gasteiger partial charge >= 0.3 is 0 Å². The molecule has 0 atom stereocenters. The van der Waals surface area contributed by atoms with Crippen molar-refractivity contribution in [2.75, 3.05) is 12.8 Å². The molecule has 96 valence electrons. The van der Waals surface area contributed by atoms with E-state index in [2.05, 4.69) is 15.1 Å². The molecule has 0 aliphatic rings. The number of nitrogens with zero attached hydrogens (tertiary/aromatic N) is 4. The van der Waals surface area contributed by atoms with E-state index in [4.69, 9.17) is 22.1 Å². The van der Waals surface area contributed by atoms with Crippen LogP contribution in [-0.4, -0.2) is 26.9 Å². The van der Waals surface area contributed by atoms with Gasteiger partial charge in [-0.15, -0.1) is 0 Å². The Morgan fingerprint density at radius 1 is 1.39 bits per heavy atom. The number of nitrogens with two attached hydrogens (primary N) is 1. The predicted octanol–water partition coefficient (Wildman–Crippen LogP) is 1.66. The van der Waals surface area contributed by atoms with Crippen molar-refractivity contribution in [1.29, 1.82) is 0 Å². The molecule has 0 spiro atoms. The zero-order valence-corrected chi connectivity index (χ0v) is 11.2. The fourth-order valence-electron chi connectivity index (χ4n) is 1.65. The highest BCUT2D eigenvalue weighted by Crippen LogP contribution is 2.22. The van der Waals surface area contributed by atoms with Crippen molar-refractivity contribution in [2.24, 2.45) is 0 Å². The number of nitrogen functional groups attached to an aromatic ring is 1. The van der Waals surface area contributed by atoms with E-state index in [1.165, 1.54) is 0 Å². The van der Waals surface area contributed by atoms with Gasteiger partial charge in [0.15, 0.2) is 11.6 Å². The van der Waals surface area contributed by atoms with Crippen molar-refractivity contribution in [2.45, 2.75) is 20.5 Å². The Balaban J connectivity index is 2.52. The van der Waals surface area contributed by atoms with Crippen LogP contribution >= 0.6 is 11.6 Å². The minimum atomic E-state index is 0.297. The summed E-state index contributed by atoms with van der Waals surface area (Å²) < 4.78 is 6.64. The number of methoxy groups -OCH3 is 1. The molecule has 0 unspecified atom stereocenters. The minimum Gasteiger partial charge on any atom is -0.384 e. The van der Waals surface area contributed by atoms with Crippen molar-refractivity contribution in [3.63, 3.8) is 0 Å². The Hall–Kier alpha value is -1.66. The van der Waals surface area contributed by atoms with Crippen molar-refractivity contribution >= 4 is 17.4 Å². The van der Waals surface area contributed by atoms with Crippen LogP contribution in [0.1, 0.15) is 17.2 Å². The molecule has 6 nitrogen and oxygen atoms in total. The fraction of sp³-hybridized carbons (Fsp3) is 0.364. The van der Waals surface area contributed by atoms with E-state index < -0.39 is 0 Å². The van der Waals surface area contributed by atoms with Crippen LogP contribution in [0, 0.1) is 13.8 Å². The maximum absolute atomic E-state index is 6.11. The van der Waals surface area contributed by atoms with Crippen LogP contribution in [-0.2, 0) is 11.3 Å². The second kappa shape index (κ2) is 4.91. The number of hydrogen-bond acceptors (Lipinski definition) is 5. The molecule has 0 bridgehead atoms. The van der Waals surface area contributed by atoms with E-state index in [0.717, 1.165) is 11.4 Å². The Kier molecular flexibility index (Phi) is 3.49. The van der Waals surface area contributed by atoms with E-state index in [1.54, 1.807) is 17.9 Å². The van der Waals surface area contributed by atoms with Gasteiger partial charge in [0.2, 0.25) is 0 Å². The third-order valence-corrected chi connectivity index (χ3v) is 3.02. The Bertz CT molecular complexity index is 581. The van der Waals surface area contributed by atoms with Crippen LogP contribution in [0.2, 0.25) is 5.02 Å². The molecular weight excluding hydrogens is 254 g/mol. The van der Waals surface area contributed by atoms with Gasteiger partial charge in [-0.3, -0.25) is 0 Å². The van der Waals surface area contributed by atoms with E-state index in [0.29, 0.717) is 29.1 Å². The molecule has 0 saturated heterocycles. The summed E-state index contributed by atoms with van der Waals surface area (Å²) in [6.07, 6.45) is 0. The largest absolute Gasteiger partial charge is 0.384 e. The van der Waals surface area contributed by atoms with Crippen LogP contribution in [0.25, 0.3) is 5.82 Å². The second-order valence-corrected chi connectivity index (χ2v) is 4.27. The van der Waals surface area contributed by atoms with Gasteiger partial charge in [0.1, 0.15) is 12.4 Å². The van der Waals surface area contributed by atoms with Crippen LogP contribution < -0.4 is 5.73 Å². The molecule has 2 heterocycles. The van der Waals surface area contributed by atoms with Crippen molar-refractivity contribution in [3.05, 3.63) is 28.3 Å². The highest BCUT2D eigenvalue weighted by molar-refractivity contribution is 6.31. The lowest BCUT2D eigenvalue weighted by molar-refractivity contribution is 0.178. The number of aromatic nitrogens is 4. The van der Waals surface area contributed by atoms with Gasteiger partial charge in [-0.1, -0.05) is 11.6 Å². The molecule has 2 aromatic heterocycles. The molecule has 2 rings (SSSR count). The number of hydrogen-bond donors (Lipinski definition) is 1. The zero-order chi connectivity index (χ0) is 13.3. The fourth-order valence-corrected chi connectivity index (χ4v) is 1.77. The van der Waals surface area contributed by atoms with E-state index >= 15 is 0 Å². The molecule has 0 fully saturated rings. The number of anilines is 1. The highest BCUT2D eigenvalue weighted by atomic mass is 35.5. The number of halogens is 1. The Morgan fingerprint density at radius 2 is 2.11 bits per heavy atom. The lowest BCUT2D eigenvalue weighted by Crippen LogP contribution is -2.08. The average Bonchev–Trinajstić information content (AvgIpc) is 2.57. The summed E-state index contributed by atoms with van der Waals surface area (Å²) in [5.74, 6) is 1.47. The van der Waals surface area contributed by atoms with Gasteiger partial charge in [-0.2, -0.15) is 5.10 Å².